The fraction of sp³-hybridized carbons (Fsp3) is 0.467. The van der Waals surface area contributed by atoms with Gasteiger partial charge in [0.15, 0.2) is 11.9 Å². The largest absolute Gasteiger partial charge is 0.573 e. The van der Waals surface area contributed by atoms with Crippen LogP contribution >= 0.6 is 0 Å². The van der Waals surface area contributed by atoms with Crippen molar-refractivity contribution >= 4 is 0 Å². The van der Waals surface area contributed by atoms with E-state index in [1.807, 2.05) is 0 Å². The molecule has 1 aromatic carbocycles. The van der Waals surface area contributed by atoms with Crippen LogP contribution in [0.3, 0.4) is 0 Å². The SMILES string of the molecule is NC[C@@H]1CO[C@@H](c2nc(C(N)c3ccccc3OC(F)(F)F)no2)CO1. The lowest BCUT2D eigenvalue weighted by Gasteiger charge is -2.26. The van der Waals surface area contributed by atoms with Crippen LogP contribution in [-0.2, 0) is 9.47 Å². The number of alkyl halides is 3. The van der Waals surface area contributed by atoms with Crippen molar-refractivity contribution in [2.75, 3.05) is 19.8 Å². The highest BCUT2D eigenvalue weighted by Gasteiger charge is 2.34. The van der Waals surface area contributed by atoms with E-state index in [9.17, 15) is 13.2 Å². The summed E-state index contributed by atoms with van der Waals surface area (Å²) < 4.78 is 57.8. The van der Waals surface area contributed by atoms with Crippen LogP contribution in [0, 0.1) is 0 Å². The molecule has 0 amide bonds. The summed E-state index contributed by atoms with van der Waals surface area (Å²) in [5.41, 5.74) is 11.6. The minimum absolute atomic E-state index is 0.00257. The predicted octanol–water partition coefficient (Wildman–Crippen LogP) is 1.43. The summed E-state index contributed by atoms with van der Waals surface area (Å²) in [5.74, 6) is -0.301. The van der Waals surface area contributed by atoms with Crippen molar-refractivity contribution in [3.63, 3.8) is 0 Å². The van der Waals surface area contributed by atoms with Crippen LogP contribution in [0.2, 0.25) is 0 Å². The van der Waals surface area contributed by atoms with Gasteiger partial charge in [-0.1, -0.05) is 23.4 Å². The van der Waals surface area contributed by atoms with Gasteiger partial charge in [-0.2, -0.15) is 4.98 Å². The zero-order valence-corrected chi connectivity index (χ0v) is 13.5. The topological polar surface area (TPSA) is 119 Å². The molecule has 1 unspecified atom stereocenters. The molecule has 2 aromatic rings. The van der Waals surface area contributed by atoms with Crippen LogP contribution in [0.25, 0.3) is 0 Å². The third-order valence-corrected chi connectivity index (χ3v) is 3.72. The normalized spacial score (nSPS) is 22.2. The summed E-state index contributed by atoms with van der Waals surface area (Å²) in [7, 11) is 0. The molecule has 0 radical (unpaired) electrons. The van der Waals surface area contributed by atoms with Crippen LogP contribution in [0.15, 0.2) is 28.8 Å². The van der Waals surface area contributed by atoms with Crippen molar-refractivity contribution in [2.24, 2.45) is 11.5 Å². The molecule has 0 spiro atoms. The smallest absolute Gasteiger partial charge is 0.405 e. The molecule has 8 nitrogen and oxygen atoms in total. The van der Waals surface area contributed by atoms with Crippen molar-refractivity contribution < 1.29 is 31.9 Å². The molecule has 0 aliphatic carbocycles. The molecule has 0 bridgehead atoms. The highest BCUT2D eigenvalue weighted by atomic mass is 19.4. The van der Waals surface area contributed by atoms with Gasteiger partial charge in [0.2, 0.25) is 0 Å². The number of aromatic nitrogens is 2. The van der Waals surface area contributed by atoms with Crippen molar-refractivity contribution in [3.05, 3.63) is 41.5 Å². The number of hydrogen-bond acceptors (Lipinski definition) is 8. The number of nitrogens with two attached hydrogens (primary N) is 2. The van der Waals surface area contributed by atoms with Crippen LogP contribution < -0.4 is 16.2 Å². The first-order valence-corrected chi connectivity index (χ1v) is 7.74. The molecule has 0 saturated carbocycles. The number of hydrogen-bond donors (Lipinski definition) is 2. The van der Waals surface area contributed by atoms with Gasteiger partial charge in [-0.25, -0.2) is 0 Å². The molecule has 142 valence electrons. The van der Waals surface area contributed by atoms with E-state index in [1.165, 1.54) is 18.2 Å². The van der Waals surface area contributed by atoms with Gasteiger partial charge in [0, 0.05) is 12.1 Å². The Morgan fingerprint density at radius 1 is 1.23 bits per heavy atom. The second kappa shape index (κ2) is 7.58. The molecular weight excluding hydrogens is 357 g/mol. The first-order valence-electron chi connectivity index (χ1n) is 7.74. The molecule has 26 heavy (non-hydrogen) atoms. The summed E-state index contributed by atoms with van der Waals surface area (Å²) in [4.78, 5) is 4.12. The Morgan fingerprint density at radius 2 is 2.00 bits per heavy atom. The Labute approximate surface area is 146 Å². The molecule has 1 aliphatic rings. The van der Waals surface area contributed by atoms with E-state index in [0.29, 0.717) is 6.54 Å². The second-order valence-corrected chi connectivity index (χ2v) is 5.57. The maximum Gasteiger partial charge on any atom is 0.573 e. The van der Waals surface area contributed by atoms with E-state index in [1.54, 1.807) is 0 Å². The molecule has 1 saturated heterocycles. The van der Waals surface area contributed by atoms with Crippen molar-refractivity contribution in [1.82, 2.24) is 10.1 Å². The van der Waals surface area contributed by atoms with Crippen LogP contribution in [0.5, 0.6) is 5.75 Å². The molecule has 1 fully saturated rings. The summed E-state index contributed by atoms with van der Waals surface area (Å²) in [6, 6.07) is 4.42. The first kappa shape index (κ1) is 18.6. The summed E-state index contributed by atoms with van der Waals surface area (Å²) in [6.45, 7) is 0.766. The molecular formula is C15H17F3N4O4. The van der Waals surface area contributed by atoms with Gasteiger partial charge in [0.25, 0.3) is 5.89 Å². The third-order valence-electron chi connectivity index (χ3n) is 3.72. The van der Waals surface area contributed by atoms with Gasteiger partial charge >= 0.3 is 6.36 Å². The third kappa shape index (κ3) is 4.30. The molecule has 1 aliphatic heterocycles. The van der Waals surface area contributed by atoms with E-state index in [-0.39, 0.29) is 36.6 Å². The van der Waals surface area contributed by atoms with Crippen molar-refractivity contribution in [3.8, 4) is 5.75 Å². The van der Waals surface area contributed by atoms with Crippen molar-refractivity contribution in [2.45, 2.75) is 24.6 Å². The van der Waals surface area contributed by atoms with E-state index in [2.05, 4.69) is 14.9 Å². The zero-order chi connectivity index (χ0) is 18.7. The monoisotopic (exact) mass is 374 g/mol. The number of benzene rings is 1. The number of para-hydroxylation sites is 1. The predicted molar refractivity (Wildman–Crippen MR) is 80.9 cm³/mol. The van der Waals surface area contributed by atoms with Crippen LogP contribution in [0.1, 0.15) is 29.4 Å². The lowest BCUT2D eigenvalue weighted by atomic mass is 10.1. The van der Waals surface area contributed by atoms with E-state index < -0.39 is 24.3 Å². The fourth-order valence-electron chi connectivity index (χ4n) is 2.42. The zero-order valence-electron chi connectivity index (χ0n) is 13.5. The maximum absolute atomic E-state index is 12.5. The van der Waals surface area contributed by atoms with Gasteiger partial charge in [0.05, 0.1) is 25.4 Å². The minimum Gasteiger partial charge on any atom is -0.405 e. The van der Waals surface area contributed by atoms with Crippen molar-refractivity contribution in [1.29, 1.82) is 0 Å². The average molecular weight is 374 g/mol. The van der Waals surface area contributed by atoms with Crippen LogP contribution in [-0.4, -0.2) is 42.4 Å². The quantitative estimate of drug-likeness (QED) is 0.807. The Balaban J connectivity index is 1.76. The van der Waals surface area contributed by atoms with Gasteiger partial charge in [0.1, 0.15) is 5.75 Å². The van der Waals surface area contributed by atoms with E-state index >= 15 is 0 Å². The van der Waals surface area contributed by atoms with Gasteiger partial charge in [-0.05, 0) is 6.07 Å². The first-order chi connectivity index (χ1) is 12.4. The molecule has 3 atom stereocenters. The Bertz CT molecular complexity index is 732. The van der Waals surface area contributed by atoms with Gasteiger partial charge in [-0.3, -0.25) is 0 Å². The highest BCUT2D eigenvalue weighted by Crippen LogP contribution is 2.32. The lowest BCUT2D eigenvalue weighted by molar-refractivity contribution is -0.274. The number of rotatable bonds is 5. The number of ether oxygens (including phenoxy) is 3. The molecule has 4 N–H and O–H groups in total. The van der Waals surface area contributed by atoms with E-state index in [4.69, 9.17) is 25.5 Å². The molecule has 3 rings (SSSR count). The number of halogens is 3. The summed E-state index contributed by atoms with van der Waals surface area (Å²) in [5, 5.41) is 3.74. The Kier molecular flexibility index (Phi) is 5.41. The Hall–Kier alpha value is -2.21. The van der Waals surface area contributed by atoms with E-state index in [0.717, 1.165) is 6.07 Å². The Morgan fingerprint density at radius 3 is 2.65 bits per heavy atom. The molecule has 2 heterocycles. The summed E-state index contributed by atoms with van der Waals surface area (Å²) >= 11 is 0. The minimum atomic E-state index is -4.84. The maximum atomic E-state index is 12.5. The van der Waals surface area contributed by atoms with Gasteiger partial charge in [-0.15, -0.1) is 13.2 Å². The fourth-order valence-corrected chi connectivity index (χ4v) is 2.42. The summed E-state index contributed by atoms with van der Waals surface area (Å²) in [6.07, 6.45) is -5.64. The molecule has 11 heteroatoms. The number of nitrogens with zero attached hydrogens (tertiary/aromatic N) is 2. The average Bonchev–Trinajstić information content (AvgIpc) is 3.10. The lowest BCUT2D eigenvalue weighted by Crippen LogP contribution is -2.36. The van der Waals surface area contributed by atoms with Crippen LogP contribution in [0.4, 0.5) is 13.2 Å². The standard InChI is InChI=1S/C15H17F3N4O4/c16-15(17,18)25-10-4-2-1-3-9(10)12(20)13-21-14(26-22-13)11-7-23-8(5-19)6-24-11/h1-4,8,11-12H,5-7,19-20H2/t8-,11-,12?/m1/s1. The molecule has 1 aromatic heterocycles. The highest BCUT2D eigenvalue weighted by molar-refractivity contribution is 5.38. The second-order valence-electron chi connectivity index (χ2n) is 5.57. The van der Waals surface area contributed by atoms with Gasteiger partial charge < -0.3 is 30.2 Å².